The van der Waals surface area contributed by atoms with Gasteiger partial charge in [0.2, 0.25) is 0 Å². The van der Waals surface area contributed by atoms with E-state index in [4.69, 9.17) is 14.6 Å². The number of carboxylic acid groups (broad SMARTS) is 1. The molecule has 37 heavy (non-hydrogen) atoms. The van der Waals surface area contributed by atoms with Crippen LogP contribution in [0.1, 0.15) is 61.6 Å². The third kappa shape index (κ3) is 7.42. The Hall–Kier alpha value is -3.67. The number of aliphatic carboxylic acids is 1. The number of benzene rings is 3. The molecule has 194 valence electrons. The van der Waals surface area contributed by atoms with Crippen molar-refractivity contribution in [3.63, 3.8) is 0 Å². The Bertz CT molecular complexity index is 1120. The maximum atomic E-state index is 11.2. The van der Waals surface area contributed by atoms with E-state index in [1.165, 1.54) is 38.5 Å². The van der Waals surface area contributed by atoms with Crippen LogP contribution in [-0.4, -0.2) is 23.2 Å². The first-order valence-corrected chi connectivity index (χ1v) is 13.4. The Labute approximate surface area is 219 Å². The van der Waals surface area contributed by atoms with E-state index in [0.717, 1.165) is 28.1 Å². The van der Waals surface area contributed by atoms with Crippen molar-refractivity contribution in [2.24, 2.45) is 0 Å². The Morgan fingerprint density at radius 1 is 0.730 bits per heavy atom. The predicted molar refractivity (Wildman–Crippen MR) is 146 cm³/mol. The number of aryl methyl sites for hydroxylation is 1. The van der Waals surface area contributed by atoms with Crippen molar-refractivity contribution in [3.05, 3.63) is 83.4 Å². The molecule has 3 N–H and O–H groups in total. The Morgan fingerprint density at radius 3 is 1.68 bits per heavy atom. The molecule has 0 spiro atoms. The van der Waals surface area contributed by atoms with E-state index in [9.17, 15) is 4.79 Å². The Kier molecular flexibility index (Phi) is 8.14. The fourth-order valence-electron chi connectivity index (χ4n) is 4.60. The summed E-state index contributed by atoms with van der Waals surface area (Å²) < 4.78 is 12.3. The van der Waals surface area contributed by atoms with Gasteiger partial charge in [-0.25, -0.2) is 0 Å². The third-order valence-corrected chi connectivity index (χ3v) is 7.18. The number of anilines is 2. The third-order valence-electron chi connectivity index (χ3n) is 7.18. The molecule has 2 aliphatic rings. The number of rotatable bonds is 13. The maximum absolute atomic E-state index is 11.2. The van der Waals surface area contributed by atoms with Gasteiger partial charge in [-0.05, 0) is 98.0 Å². The quantitative estimate of drug-likeness (QED) is 0.240. The van der Waals surface area contributed by atoms with Crippen molar-refractivity contribution in [2.75, 3.05) is 10.6 Å². The molecule has 0 heterocycles. The summed E-state index contributed by atoms with van der Waals surface area (Å²) >= 11 is 0. The summed E-state index contributed by atoms with van der Waals surface area (Å²) in [4.78, 5) is 11.2. The molecule has 0 aliphatic heterocycles. The summed E-state index contributed by atoms with van der Waals surface area (Å²) in [5, 5.41) is 16.3. The number of carbonyl (C=O) groups is 1. The molecular formula is C31H36N2O4. The highest BCUT2D eigenvalue weighted by Gasteiger charge is 2.17. The van der Waals surface area contributed by atoms with Crippen molar-refractivity contribution in [3.8, 4) is 11.5 Å². The minimum Gasteiger partial charge on any atom is -0.489 e. The first kappa shape index (κ1) is 25.0. The fourth-order valence-corrected chi connectivity index (χ4v) is 4.60. The zero-order valence-corrected chi connectivity index (χ0v) is 21.2. The van der Waals surface area contributed by atoms with Gasteiger partial charge in [-0.15, -0.1) is 0 Å². The molecular weight excluding hydrogens is 464 g/mol. The van der Waals surface area contributed by atoms with Crippen LogP contribution < -0.4 is 20.1 Å². The second kappa shape index (κ2) is 12.0. The molecule has 5 rings (SSSR count). The van der Waals surface area contributed by atoms with Crippen LogP contribution in [0, 0.1) is 0 Å². The molecule has 0 atom stereocenters. The molecule has 3 aromatic carbocycles. The van der Waals surface area contributed by atoms with E-state index in [-0.39, 0.29) is 6.42 Å². The topological polar surface area (TPSA) is 79.8 Å². The van der Waals surface area contributed by atoms with Gasteiger partial charge in [0.15, 0.2) is 0 Å². The van der Waals surface area contributed by atoms with Gasteiger partial charge in [-0.2, -0.15) is 0 Å². The predicted octanol–water partition coefficient (Wildman–Crippen LogP) is 6.79. The normalized spacial score (nSPS) is 15.4. The molecule has 0 amide bonds. The largest absolute Gasteiger partial charge is 0.489 e. The zero-order chi connectivity index (χ0) is 25.5. The average Bonchev–Trinajstić information content (AvgIpc) is 2.85. The Morgan fingerprint density at radius 2 is 1.24 bits per heavy atom. The van der Waals surface area contributed by atoms with E-state index in [0.29, 0.717) is 43.2 Å². The van der Waals surface area contributed by atoms with E-state index < -0.39 is 5.97 Å². The minimum atomic E-state index is -0.819. The van der Waals surface area contributed by atoms with Crippen LogP contribution >= 0.6 is 0 Å². The monoisotopic (exact) mass is 500 g/mol. The van der Waals surface area contributed by atoms with Gasteiger partial charge in [0, 0.05) is 35.9 Å². The summed E-state index contributed by atoms with van der Waals surface area (Å²) in [5.74, 6) is 0.534. The van der Waals surface area contributed by atoms with E-state index in [1.54, 1.807) is 0 Å². The number of carboxylic acids is 1. The fraction of sp³-hybridized carbons (Fsp3) is 0.387. The summed E-state index contributed by atoms with van der Waals surface area (Å²) in [5.41, 5.74) is 5.30. The number of ether oxygens (including phenoxy) is 2. The average molecular weight is 501 g/mol. The molecule has 2 aliphatic carbocycles. The molecule has 6 heteroatoms. The molecule has 2 saturated carbocycles. The first-order chi connectivity index (χ1) is 18.1. The van der Waals surface area contributed by atoms with Crippen LogP contribution in [0.4, 0.5) is 11.4 Å². The van der Waals surface area contributed by atoms with E-state index in [2.05, 4.69) is 47.0 Å². The van der Waals surface area contributed by atoms with Crippen LogP contribution in [0.2, 0.25) is 0 Å². The zero-order valence-electron chi connectivity index (χ0n) is 21.2. The maximum Gasteiger partial charge on any atom is 0.303 e. The second-order valence-electron chi connectivity index (χ2n) is 10.2. The lowest BCUT2D eigenvalue weighted by Crippen LogP contribution is -2.26. The number of hydrogen-bond acceptors (Lipinski definition) is 5. The standard InChI is InChI=1S/C31H36N2O4/c34-31(35)14-13-22-17-29(36-20-23-5-1-11-27(15-23)32-25-7-3-8-25)19-30(18-22)37-21-24-6-2-12-28(16-24)33-26-9-4-10-26/h1-2,5-6,11-12,15-19,25-26,32-33H,3-4,7-10,13-14,20-21H2,(H,34,35). The number of nitrogens with one attached hydrogen (secondary N) is 2. The highest BCUT2D eigenvalue weighted by Crippen LogP contribution is 2.28. The highest BCUT2D eigenvalue weighted by molar-refractivity contribution is 5.67. The molecule has 0 unspecified atom stereocenters. The highest BCUT2D eigenvalue weighted by atomic mass is 16.5. The summed E-state index contributed by atoms with van der Waals surface area (Å²) in [6.45, 7) is 0.855. The minimum absolute atomic E-state index is 0.0622. The Balaban J connectivity index is 1.24. The van der Waals surface area contributed by atoms with Gasteiger partial charge < -0.3 is 25.2 Å². The molecule has 3 aromatic rings. The van der Waals surface area contributed by atoms with Crippen molar-refractivity contribution in [2.45, 2.75) is 76.7 Å². The lowest BCUT2D eigenvalue weighted by molar-refractivity contribution is -0.136. The van der Waals surface area contributed by atoms with Crippen LogP contribution in [-0.2, 0) is 24.4 Å². The molecule has 0 saturated heterocycles. The van der Waals surface area contributed by atoms with Gasteiger partial charge >= 0.3 is 5.97 Å². The molecule has 2 fully saturated rings. The van der Waals surface area contributed by atoms with Gasteiger partial charge in [0.1, 0.15) is 24.7 Å². The molecule has 0 bridgehead atoms. The van der Waals surface area contributed by atoms with Crippen LogP contribution in [0.3, 0.4) is 0 Å². The lowest BCUT2D eigenvalue weighted by atomic mass is 9.93. The number of hydrogen-bond donors (Lipinski definition) is 3. The van der Waals surface area contributed by atoms with Crippen molar-refractivity contribution in [1.29, 1.82) is 0 Å². The van der Waals surface area contributed by atoms with Crippen molar-refractivity contribution in [1.82, 2.24) is 0 Å². The lowest BCUT2D eigenvalue weighted by Gasteiger charge is -2.27. The molecule has 6 nitrogen and oxygen atoms in total. The van der Waals surface area contributed by atoms with Gasteiger partial charge in [-0.3, -0.25) is 4.79 Å². The molecule has 0 aromatic heterocycles. The van der Waals surface area contributed by atoms with Crippen LogP contribution in [0.25, 0.3) is 0 Å². The van der Waals surface area contributed by atoms with Crippen molar-refractivity contribution < 1.29 is 19.4 Å². The molecule has 0 radical (unpaired) electrons. The van der Waals surface area contributed by atoms with Gasteiger partial charge in [-0.1, -0.05) is 24.3 Å². The van der Waals surface area contributed by atoms with E-state index >= 15 is 0 Å². The van der Waals surface area contributed by atoms with E-state index in [1.807, 2.05) is 30.3 Å². The van der Waals surface area contributed by atoms with Crippen molar-refractivity contribution >= 4 is 17.3 Å². The van der Waals surface area contributed by atoms with Gasteiger partial charge in [0.05, 0.1) is 0 Å². The summed E-state index contributed by atoms with van der Waals surface area (Å²) in [6, 6.07) is 23.5. The van der Waals surface area contributed by atoms with Crippen LogP contribution in [0.5, 0.6) is 11.5 Å². The summed E-state index contributed by atoms with van der Waals surface area (Å²) in [7, 11) is 0. The van der Waals surface area contributed by atoms with Crippen LogP contribution in [0.15, 0.2) is 66.7 Å². The summed E-state index contributed by atoms with van der Waals surface area (Å²) in [6.07, 6.45) is 8.00. The smallest absolute Gasteiger partial charge is 0.303 e. The second-order valence-corrected chi connectivity index (χ2v) is 10.2. The SMILES string of the molecule is O=C(O)CCc1cc(OCc2cccc(NC3CCC3)c2)cc(OCc2cccc(NC3CCC3)c2)c1. The van der Waals surface area contributed by atoms with Gasteiger partial charge in [0.25, 0.3) is 0 Å². The first-order valence-electron chi connectivity index (χ1n) is 13.4.